The van der Waals surface area contributed by atoms with Crippen LogP contribution in [-0.4, -0.2) is 24.0 Å². The molecule has 0 aromatic heterocycles. The Kier molecular flexibility index (Phi) is 2.75. The van der Waals surface area contributed by atoms with E-state index in [1.165, 1.54) is 17.0 Å². The maximum Gasteiger partial charge on any atom is 0.335 e. The van der Waals surface area contributed by atoms with Crippen LogP contribution < -0.4 is 10.6 Å². The third kappa shape index (κ3) is 2.22. The van der Waals surface area contributed by atoms with Crippen molar-refractivity contribution in [3.8, 4) is 0 Å². The van der Waals surface area contributed by atoms with Gasteiger partial charge >= 0.3 is 5.97 Å². The lowest BCUT2D eigenvalue weighted by molar-refractivity contribution is -0.119. The van der Waals surface area contributed by atoms with Crippen molar-refractivity contribution in [1.82, 2.24) is 0 Å². The van der Waals surface area contributed by atoms with Crippen LogP contribution in [0.2, 0.25) is 0 Å². The fourth-order valence-corrected chi connectivity index (χ4v) is 1.72. The minimum atomic E-state index is -1.03. The van der Waals surface area contributed by atoms with Gasteiger partial charge in [0.1, 0.15) is 0 Å². The molecular weight excluding hydrogens is 220 g/mol. The van der Waals surface area contributed by atoms with Gasteiger partial charge in [-0.2, -0.15) is 0 Å². The molecule has 3 N–H and O–H groups in total. The van der Waals surface area contributed by atoms with Crippen LogP contribution in [0.5, 0.6) is 0 Å². The van der Waals surface area contributed by atoms with Crippen molar-refractivity contribution < 1.29 is 14.7 Å². The second kappa shape index (κ2) is 4.08. The third-order valence-electron chi connectivity index (χ3n) is 2.89. The molecule has 0 radical (unpaired) electrons. The summed E-state index contributed by atoms with van der Waals surface area (Å²) in [6.07, 6.45) is 1.85. The molecule has 1 saturated carbocycles. The first-order chi connectivity index (χ1) is 8.00. The quantitative estimate of drug-likeness (QED) is 0.773. The zero-order valence-electron chi connectivity index (χ0n) is 9.51. The van der Waals surface area contributed by atoms with Gasteiger partial charge in [-0.05, 0) is 31.0 Å². The van der Waals surface area contributed by atoms with Crippen molar-refractivity contribution in [1.29, 1.82) is 0 Å². The molecule has 0 unspecified atom stereocenters. The molecule has 1 aliphatic rings. The minimum Gasteiger partial charge on any atom is -0.478 e. The summed E-state index contributed by atoms with van der Waals surface area (Å²) >= 11 is 0. The fourth-order valence-electron chi connectivity index (χ4n) is 1.72. The van der Waals surface area contributed by atoms with Crippen LogP contribution in [0.25, 0.3) is 0 Å². The fraction of sp³-hybridized carbons (Fsp3) is 0.333. The summed E-state index contributed by atoms with van der Waals surface area (Å²) < 4.78 is 0. The van der Waals surface area contributed by atoms with Crippen LogP contribution in [0, 0.1) is 5.92 Å². The number of hydrogen-bond acceptors (Lipinski definition) is 3. The van der Waals surface area contributed by atoms with Crippen molar-refractivity contribution in [2.45, 2.75) is 12.8 Å². The van der Waals surface area contributed by atoms with Gasteiger partial charge in [0.25, 0.3) is 0 Å². The zero-order chi connectivity index (χ0) is 12.6. The molecule has 0 saturated heterocycles. The highest BCUT2D eigenvalue weighted by Crippen LogP contribution is 2.33. The molecule has 1 aliphatic carbocycles. The molecule has 1 aromatic rings. The van der Waals surface area contributed by atoms with E-state index in [-0.39, 0.29) is 17.4 Å². The number of nitrogens with two attached hydrogens (primary N) is 1. The highest BCUT2D eigenvalue weighted by atomic mass is 16.4. The van der Waals surface area contributed by atoms with Crippen molar-refractivity contribution in [2.24, 2.45) is 5.92 Å². The highest BCUT2D eigenvalue weighted by Gasteiger charge is 2.33. The Balaban J connectivity index is 2.26. The van der Waals surface area contributed by atoms with Gasteiger partial charge in [-0.25, -0.2) is 4.79 Å². The predicted molar refractivity (Wildman–Crippen MR) is 63.9 cm³/mol. The van der Waals surface area contributed by atoms with Gasteiger partial charge in [-0.3, -0.25) is 4.79 Å². The van der Waals surface area contributed by atoms with E-state index >= 15 is 0 Å². The molecule has 90 valence electrons. The molecular formula is C12H14N2O3. The third-order valence-corrected chi connectivity index (χ3v) is 2.89. The Morgan fingerprint density at radius 1 is 1.41 bits per heavy atom. The van der Waals surface area contributed by atoms with E-state index in [4.69, 9.17) is 10.8 Å². The van der Waals surface area contributed by atoms with Crippen LogP contribution in [-0.2, 0) is 4.79 Å². The van der Waals surface area contributed by atoms with Crippen molar-refractivity contribution >= 4 is 23.3 Å². The van der Waals surface area contributed by atoms with Gasteiger partial charge in [0.05, 0.1) is 16.9 Å². The number of rotatable bonds is 3. The van der Waals surface area contributed by atoms with E-state index in [9.17, 15) is 9.59 Å². The number of hydrogen-bond donors (Lipinski definition) is 2. The highest BCUT2D eigenvalue weighted by molar-refractivity contribution is 5.99. The lowest BCUT2D eigenvalue weighted by atomic mass is 10.1. The normalized spacial score (nSPS) is 14.4. The van der Waals surface area contributed by atoms with Crippen LogP contribution in [0.3, 0.4) is 0 Å². The van der Waals surface area contributed by atoms with Crippen molar-refractivity contribution in [3.63, 3.8) is 0 Å². The number of benzene rings is 1. The van der Waals surface area contributed by atoms with Gasteiger partial charge in [0.2, 0.25) is 5.91 Å². The SMILES string of the molecule is CN(C(=O)C1CC1)c1ccc(C(=O)O)cc1N. The number of anilines is 2. The molecule has 17 heavy (non-hydrogen) atoms. The summed E-state index contributed by atoms with van der Waals surface area (Å²) in [5, 5.41) is 8.81. The Labute approximate surface area is 98.8 Å². The Hall–Kier alpha value is -2.04. The number of carboxylic acids is 1. The second-order valence-electron chi connectivity index (χ2n) is 4.25. The maximum atomic E-state index is 11.8. The number of carbonyl (C=O) groups is 2. The first-order valence-corrected chi connectivity index (χ1v) is 5.41. The molecule has 0 aliphatic heterocycles. The number of aromatic carboxylic acids is 1. The zero-order valence-corrected chi connectivity index (χ0v) is 9.51. The van der Waals surface area contributed by atoms with E-state index in [0.717, 1.165) is 12.8 Å². The Morgan fingerprint density at radius 3 is 2.53 bits per heavy atom. The second-order valence-corrected chi connectivity index (χ2v) is 4.25. The lowest BCUT2D eigenvalue weighted by Gasteiger charge is -2.19. The van der Waals surface area contributed by atoms with Crippen LogP contribution in [0.15, 0.2) is 18.2 Å². The number of carbonyl (C=O) groups excluding carboxylic acids is 1. The first-order valence-electron chi connectivity index (χ1n) is 5.41. The molecule has 0 atom stereocenters. The van der Waals surface area contributed by atoms with Crippen molar-refractivity contribution in [3.05, 3.63) is 23.8 Å². The van der Waals surface area contributed by atoms with E-state index in [1.54, 1.807) is 13.1 Å². The van der Waals surface area contributed by atoms with E-state index in [2.05, 4.69) is 0 Å². The molecule has 1 aromatic carbocycles. The van der Waals surface area contributed by atoms with Gasteiger partial charge < -0.3 is 15.7 Å². The van der Waals surface area contributed by atoms with E-state index in [1.807, 2.05) is 0 Å². The monoisotopic (exact) mass is 234 g/mol. The molecule has 5 heteroatoms. The standard InChI is InChI=1S/C12H14N2O3/c1-14(11(15)7-2-3-7)10-5-4-8(12(16)17)6-9(10)13/h4-7H,2-3,13H2,1H3,(H,16,17). The summed E-state index contributed by atoms with van der Waals surface area (Å²) in [5.74, 6) is -0.877. The summed E-state index contributed by atoms with van der Waals surface area (Å²) in [6.45, 7) is 0. The topological polar surface area (TPSA) is 83.6 Å². The Morgan fingerprint density at radius 2 is 2.06 bits per heavy atom. The van der Waals surface area contributed by atoms with Gasteiger partial charge in [-0.1, -0.05) is 0 Å². The molecule has 0 bridgehead atoms. The summed E-state index contributed by atoms with van der Waals surface area (Å²) in [4.78, 5) is 24.1. The smallest absolute Gasteiger partial charge is 0.335 e. The number of nitrogen functional groups attached to an aromatic ring is 1. The lowest BCUT2D eigenvalue weighted by Crippen LogP contribution is -2.28. The van der Waals surface area contributed by atoms with Crippen molar-refractivity contribution in [2.75, 3.05) is 17.7 Å². The first kappa shape index (κ1) is 11.4. The number of carboxylic acid groups (broad SMARTS) is 1. The Bertz CT molecular complexity index is 481. The summed E-state index contributed by atoms with van der Waals surface area (Å²) in [6, 6.07) is 4.39. The average Bonchev–Trinajstić information content (AvgIpc) is 3.10. The summed E-state index contributed by atoms with van der Waals surface area (Å²) in [7, 11) is 1.66. The maximum absolute atomic E-state index is 11.8. The van der Waals surface area contributed by atoms with E-state index < -0.39 is 5.97 Å². The predicted octanol–water partition coefficient (Wildman–Crippen LogP) is 1.34. The van der Waals surface area contributed by atoms with Gasteiger partial charge in [0, 0.05) is 13.0 Å². The molecule has 0 spiro atoms. The average molecular weight is 234 g/mol. The van der Waals surface area contributed by atoms with Gasteiger partial charge in [0.15, 0.2) is 0 Å². The molecule has 0 heterocycles. The van der Waals surface area contributed by atoms with Crippen LogP contribution in [0.4, 0.5) is 11.4 Å². The largest absolute Gasteiger partial charge is 0.478 e. The van der Waals surface area contributed by atoms with Crippen LogP contribution in [0.1, 0.15) is 23.2 Å². The molecule has 1 amide bonds. The number of nitrogens with zero attached hydrogens (tertiary/aromatic N) is 1. The van der Waals surface area contributed by atoms with Gasteiger partial charge in [-0.15, -0.1) is 0 Å². The number of amides is 1. The molecule has 2 rings (SSSR count). The molecule has 5 nitrogen and oxygen atoms in total. The van der Waals surface area contributed by atoms with Crippen LogP contribution >= 0.6 is 0 Å². The van der Waals surface area contributed by atoms with E-state index in [0.29, 0.717) is 11.4 Å². The molecule has 1 fully saturated rings. The minimum absolute atomic E-state index is 0.0415. The summed E-state index contributed by atoms with van der Waals surface area (Å²) in [5.41, 5.74) is 6.75.